The predicted octanol–water partition coefficient (Wildman–Crippen LogP) is 2.13. The number of ether oxygens (including phenoxy) is 1. The molecule has 102 valence electrons. The quantitative estimate of drug-likeness (QED) is 0.860. The second kappa shape index (κ2) is 6.20. The molecule has 0 atom stereocenters. The first-order chi connectivity index (χ1) is 8.39. The maximum atomic E-state index is 9.62. The van der Waals surface area contributed by atoms with Crippen molar-refractivity contribution in [1.29, 1.82) is 0 Å². The van der Waals surface area contributed by atoms with Crippen LogP contribution in [0.5, 0.6) is 5.88 Å². The van der Waals surface area contributed by atoms with Gasteiger partial charge >= 0.3 is 0 Å². The van der Waals surface area contributed by atoms with Gasteiger partial charge in [-0.3, -0.25) is 0 Å². The first-order valence-electron chi connectivity index (χ1n) is 5.99. The highest BCUT2D eigenvalue weighted by atomic mass is 35.5. The highest BCUT2D eigenvalue weighted by molar-refractivity contribution is 6.34. The third-order valence-electron chi connectivity index (χ3n) is 2.36. The molecule has 0 aliphatic heterocycles. The van der Waals surface area contributed by atoms with Crippen LogP contribution in [-0.4, -0.2) is 40.4 Å². The van der Waals surface area contributed by atoms with Crippen LogP contribution >= 0.6 is 11.6 Å². The van der Waals surface area contributed by atoms with E-state index in [1.54, 1.807) is 13.8 Å². The summed E-state index contributed by atoms with van der Waals surface area (Å²) in [6, 6.07) is 0. The largest absolute Gasteiger partial charge is 0.473 e. The fourth-order valence-corrected chi connectivity index (χ4v) is 1.71. The van der Waals surface area contributed by atoms with Gasteiger partial charge in [-0.05, 0) is 27.7 Å². The summed E-state index contributed by atoms with van der Waals surface area (Å²) in [4.78, 5) is 10.2. The topological polar surface area (TPSA) is 58.5 Å². The molecule has 1 aromatic heterocycles. The zero-order valence-electron chi connectivity index (χ0n) is 11.3. The van der Waals surface area contributed by atoms with Crippen molar-refractivity contribution in [3.8, 4) is 5.88 Å². The lowest BCUT2D eigenvalue weighted by Gasteiger charge is -2.22. The molecule has 18 heavy (non-hydrogen) atoms. The molecule has 6 heteroatoms. The third kappa shape index (κ3) is 3.99. The second-order valence-electron chi connectivity index (χ2n) is 4.59. The van der Waals surface area contributed by atoms with E-state index in [0.29, 0.717) is 16.7 Å². The molecule has 0 spiro atoms. The summed E-state index contributed by atoms with van der Waals surface area (Å²) in [7, 11) is 0. The van der Waals surface area contributed by atoms with Crippen LogP contribution < -0.4 is 9.64 Å². The summed E-state index contributed by atoms with van der Waals surface area (Å²) in [5.41, 5.74) is -0.927. The van der Waals surface area contributed by atoms with Crippen molar-refractivity contribution in [2.45, 2.75) is 33.3 Å². The Labute approximate surface area is 113 Å². The zero-order valence-corrected chi connectivity index (χ0v) is 12.0. The third-order valence-corrected chi connectivity index (χ3v) is 2.69. The minimum atomic E-state index is -0.927. The van der Waals surface area contributed by atoms with Gasteiger partial charge in [-0.15, -0.1) is 0 Å². The molecule has 0 saturated heterocycles. The Morgan fingerprint density at radius 2 is 1.94 bits per heavy atom. The van der Waals surface area contributed by atoms with Gasteiger partial charge in [-0.2, -0.15) is 0 Å². The Balaban J connectivity index is 2.91. The van der Waals surface area contributed by atoms with Gasteiger partial charge in [0.05, 0.1) is 5.60 Å². The molecular formula is C12H20ClN3O2. The van der Waals surface area contributed by atoms with E-state index in [1.165, 1.54) is 6.33 Å². The van der Waals surface area contributed by atoms with Gasteiger partial charge in [0, 0.05) is 13.1 Å². The summed E-state index contributed by atoms with van der Waals surface area (Å²) in [6.07, 6.45) is 1.42. The molecule has 0 aliphatic carbocycles. The molecule has 1 N–H and O–H groups in total. The lowest BCUT2D eigenvalue weighted by molar-refractivity contribution is 0.0268. The average Bonchev–Trinajstić information content (AvgIpc) is 2.30. The highest BCUT2D eigenvalue weighted by Crippen LogP contribution is 2.30. The Bertz CT molecular complexity index is 389. The molecule has 0 fully saturated rings. The van der Waals surface area contributed by atoms with E-state index in [4.69, 9.17) is 16.3 Å². The first-order valence-corrected chi connectivity index (χ1v) is 6.37. The van der Waals surface area contributed by atoms with Gasteiger partial charge in [0.2, 0.25) is 5.88 Å². The van der Waals surface area contributed by atoms with Crippen molar-refractivity contribution in [2.75, 3.05) is 24.6 Å². The van der Waals surface area contributed by atoms with Gasteiger partial charge < -0.3 is 14.7 Å². The Morgan fingerprint density at radius 3 is 2.44 bits per heavy atom. The number of aliphatic hydroxyl groups is 1. The minimum absolute atomic E-state index is 0.126. The number of rotatable bonds is 6. The van der Waals surface area contributed by atoms with E-state index in [9.17, 15) is 5.11 Å². The number of hydrogen-bond donors (Lipinski definition) is 1. The number of nitrogens with zero attached hydrogens (tertiary/aromatic N) is 3. The van der Waals surface area contributed by atoms with E-state index in [-0.39, 0.29) is 6.61 Å². The molecule has 0 aromatic carbocycles. The fourth-order valence-electron chi connectivity index (χ4n) is 1.43. The highest BCUT2D eigenvalue weighted by Gasteiger charge is 2.18. The van der Waals surface area contributed by atoms with Crippen molar-refractivity contribution in [1.82, 2.24) is 9.97 Å². The molecule has 0 radical (unpaired) electrons. The first kappa shape index (κ1) is 15.0. The van der Waals surface area contributed by atoms with Crippen molar-refractivity contribution in [2.24, 2.45) is 0 Å². The van der Waals surface area contributed by atoms with Crippen LogP contribution in [-0.2, 0) is 0 Å². The van der Waals surface area contributed by atoms with E-state index < -0.39 is 5.60 Å². The van der Waals surface area contributed by atoms with Crippen molar-refractivity contribution >= 4 is 17.4 Å². The van der Waals surface area contributed by atoms with Crippen LogP contribution in [0.1, 0.15) is 27.7 Å². The smallest absolute Gasteiger partial charge is 0.238 e. The monoisotopic (exact) mass is 273 g/mol. The molecule has 0 amide bonds. The molecule has 1 rings (SSSR count). The Morgan fingerprint density at radius 1 is 1.33 bits per heavy atom. The summed E-state index contributed by atoms with van der Waals surface area (Å²) in [6.45, 7) is 9.11. The summed E-state index contributed by atoms with van der Waals surface area (Å²) < 4.78 is 5.42. The maximum absolute atomic E-state index is 9.62. The van der Waals surface area contributed by atoms with E-state index in [1.807, 2.05) is 18.7 Å². The van der Waals surface area contributed by atoms with Crippen molar-refractivity contribution in [3.05, 3.63) is 11.3 Å². The van der Waals surface area contributed by atoms with Crippen molar-refractivity contribution < 1.29 is 9.84 Å². The number of aromatic nitrogens is 2. The lowest BCUT2D eigenvalue weighted by Crippen LogP contribution is -2.28. The van der Waals surface area contributed by atoms with Gasteiger partial charge in [-0.25, -0.2) is 9.97 Å². The predicted molar refractivity (Wildman–Crippen MR) is 72.4 cm³/mol. The number of anilines is 1. The van der Waals surface area contributed by atoms with Crippen LogP contribution in [0.4, 0.5) is 5.82 Å². The van der Waals surface area contributed by atoms with E-state index in [0.717, 1.165) is 13.1 Å². The standard InChI is InChI=1S/C12H20ClN3O2/c1-5-16(6-2)10-9(13)11(15-8-14-10)18-7-12(3,4)17/h8,17H,5-7H2,1-4H3. The molecule has 0 unspecified atom stereocenters. The summed E-state index contributed by atoms with van der Waals surface area (Å²) >= 11 is 6.22. The molecule has 0 saturated carbocycles. The van der Waals surface area contributed by atoms with Crippen LogP contribution in [0.2, 0.25) is 5.02 Å². The normalized spacial score (nSPS) is 11.4. The SMILES string of the molecule is CCN(CC)c1ncnc(OCC(C)(C)O)c1Cl. The van der Waals surface area contributed by atoms with Crippen LogP contribution in [0.25, 0.3) is 0 Å². The zero-order chi connectivity index (χ0) is 13.8. The molecular weight excluding hydrogens is 254 g/mol. The van der Waals surface area contributed by atoms with Crippen LogP contribution in [0.3, 0.4) is 0 Å². The van der Waals surface area contributed by atoms with Gasteiger partial charge in [0.15, 0.2) is 5.82 Å². The average molecular weight is 274 g/mol. The lowest BCUT2D eigenvalue weighted by atomic mass is 10.2. The summed E-state index contributed by atoms with van der Waals surface area (Å²) in [5, 5.41) is 10.00. The van der Waals surface area contributed by atoms with E-state index >= 15 is 0 Å². The molecule has 5 nitrogen and oxygen atoms in total. The Kier molecular flexibility index (Phi) is 5.16. The van der Waals surface area contributed by atoms with E-state index in [2.05, 4.69) is 9.97 Å². The molecule has 1 heterocycles. The van der Waals surface area contributed by atoms with Gasteiger partial charge in [0.1, 0.15) is 18.0 Å². The van der Waals surface area contributed by atoms with Gasteiger partial charge in [0.25, 0.3) is 0 Å². The van der Waals surface area contributed by atoms with Crippen LogP contribution in [0, 0.1) is 0 Å². The number of hydrogen-bond acceptors (Lipinski definition) is 5. The minimum Gasteiger partial charge on any atom is -0.473 e. The fraction of sp³-hybridized carbons (Fsp3) is 0.667. The summed E-state index contributed by atoms with van der Waals surface area (Å²) in [5.74, 6) is 0.957. The van der Waals surface area contributed by atoms with Crippen molar-refractivity contribution in [3.63, 3.8) is 0 Å². The second-order valence-corrected chi connectivity index (χ2v) is 4.97. The maximum Gasteiger partial charge on any atom is 0.238 e. The van der Waals surface area contributed by atoms with Gasteiger partial charge in [-0.1, -0.05) is 11.6 Å². The molecule has 0 bridgehead atoms. The number of halogens is 1. The van der Waals surface area contributed by atoms with Crippen LogP contribution in [0.15, 0.2) is 6.33 Å². The molecule has 1 aromatic rings. The molecule has 0 aliphatic rings. The Hall–Kier alpha value is -1.07.